The van der Waals surface area contributed by atoms with Crippen molar-refractivity contribution >= 4 is 39.4 Å². The predicted octanol–water partition coefficient (Wildman–Crippen LogP) is 2.50. The highest BCUT2D eigenvalue weighted by atomic mass is 35.5. The molecule has 0 radical (unpaired) electrons. The molecule has 3 rings (SSSR count). The molecule has 2 N–H and O–H groups in total. The highest BCUT2D eigenvalue weighted by Crippen LogP contribution is 2.32. The lowest BCUT2D eigenvalue weighted by Crippen LogP contribution is -2.28. The molecule has 0 saturated carbocycles. The van der Waals surface area contributed by atoms with Gasteiger partial charge in [0.1, 0.15) is 0 Å². The van der Waals surface area contributed by atoms with Crippen molar-refractivity contribution in [3.05, 3.63) is 62.7 Å². The van der Waals surface area contributed by atoms with Crippen molar-refractivity contribution < 1.29 is 23.2 Å². The van der Waals surface area contributed by atoms with Crippen molar-refractivity contribution in [3.8, 4) is 5.75 Å². The third-order valence-corrected chi connectivity index (χ3v) is 6.56. The van der Waals surface area contributed by atoms with Gasteiger partial charge in [-0.2, -0.15) is 9.41 Å². The number of amides is 1. The summed E-state index contributed by atoms with van der Waals surface area (Å²) < 4.78 is 26.6. The Morgan fingerprint density at radius 2 is 1.97 bits per heavy atom. The van der Waals surface area contributed by atoms with Gasteiger partial charge in [0.05, 0.1) is 16.0 Å². The minimum Gasteiger partial charge on any atom is -0.502 e. The zero-order chi connectivity index (χ0) is 21.9. The number of sulfonamides is 1. The van der Waals surface area contributed by atoms with E-state index in [2.05, 4.69) is 10.5 Å². The molecule has 1 aliphatic heterocycles. The number of phenolic OH excluding ortho intramolecular Hbond substituents is 1. The molecule has 30 heavy (non-hydrogen) atoms. The Hall–Kier alpha value is -3.02. The molecule has 0 aromatic heterocycles. The Morgan fingerprint density at radius 3 is 2.63 bits per heavy atom. The minimum absolute atomic E-state index is 0.00383. The van der Waals surface area contributed by atoms with E-state index < -0.39 is 32.3 Å². The molecular weight excluding hydrogens is 436 g/mol. The molecule has 0 unspecified atom stereocenters. The molecule has 1 amide bonds. The number of halogens is 1. The topological polar surface area (TPSA) is 142 Å². The Balaban J connectivity index is 1.77. The number of rotatable bonds is 6. The summed E-state index contributed by atoms with van der Waals surface area (Å²) in [5.74, 6) is -1.35. The highest BCUT2D eigenvalue weighted by Gasteiger charge is 2.27. The molecule has 2 aromatic rings. The van der Waals surface area contributed by atoms with Crippen LogP contribution < -0.4 is 5.43 Å². The molecule has 0 spiro atoms. The smallest absolute Gasteiger partial charge is 0.312 e. The number of carbonyl (C=O) groups is 1. The number of nitro benzene ring substituents is 1. The highest BCUT2D eigenvalue weighted by molar-refractivity contribution is 7.89. The SMILES string of the molecule is O=C(N/N=C\c1cc(Cl)cc([N+](=O)[O-])c1O)c1cccc(S(=O)(=O)N2CCCC2)c1. The quantitative estimate of drug-likeness (QED) is 0.391. The number of hydrazone groups is 1. The minimum atomic E-state index is -3.68. The zero-order valence-corrected chi connectivity index (χ0v) is 17.1. The van der Waals surface area contributed by atoms with Crippen LogP contribution in [0.5, 0.6) is 5.75 Å². The zero-order valence-electron chi connectivity index (χ0n) is 15.5. The van der Waals surface area contributed by atoms with Crippen LogP contribution >= 0.6 is 11.6 Å². The molecule has 1 heterocycles. The maximum absolute atomic E-state index is 12.6. The number of hydrogen-bond acceptors (Lipinski definition) is 7. The molecule has 2 aromatic carbocycles. The van der Waals surface area contributed by atoms with Crippen LogP contribution in [0.15, 0.2) is 46.4 Å². The van der Waals surface area contributed by atoms with E-state index in [4.69, 9.17) is 11.6 Å². The lowest BCUT2D eigenvalue weighted by molar-refractivity contribution is -0.385. The van der Waals surface area contributed by atoms with Crippen molar-refractivity contribution in [2.75, 3.05) is 13.1 Å². The molecule has 0 aliphatic carbocycles. The third-order valence-electron chi connectivity index (χ3n) is 4.45. The summed E-state index contributed by atoms with van der Waals surface area (Å²) in [6, 6.07) is 7.77. The monoisotopic (exact) mass is 452 g/mol. The van der Waals surface area contributed by atoms with Crippen LogP contribution in [0, 0.1) is 10.1 Å². The van der Waals surface area contributed by atoms with Crippen LogP contribution in [0.25, 0.3) is 0 Å². The van der Waals surface area contributed by atoms with Gasteiger partial charge < -0.3 is 5.11 Å². The lowest BCUT2D eigenvalue weighted by atomic mass is 10.2. The van der Waals surface area contributed by atoms with E-state index in [9.17, 15) is 28.4 Å². The van der Waals surface area contributed by atoms with Crippen molar-refractivity contribution in [2.24, 2.45) is 5.10 Å². The summed E-state index contributed by atoms with van der Waals surface area (Å²) in [6.45, 7) is 0.886. The van der Waals surface area contributed by atoms with Gasteiger partial charge in [-0.15, -0.1) is 0 Å². The molecule has 12 heteroatoms. The Morgan fingerprint density at radius 1 is 1.27 bits per heavy atom. The van der Waals surface area contributed by atoms with Gasteiger partial charge in [-0.3, -0.25) is 14.9 Å². The number of hydrogen-bond donors (Lipinski definition) is 2. The van der Waals surface area contributed by atoms with Crippen molar-refractivity contribution in [2.45, 2.75) is 17.7 Å². The summed E-state index contributed by atoms with van der Waals surface area (Å²) in [5, 5.41) is 24.5. The van der Waals surface area contributed by atoms with Gasteiger partial charge in [-0.05, 0) is 37.1 Å². The Kier molecular flexibility index (Phi) is 6.34. The largest absolute Gasteiger partial charge is 0.502 e. The van der Waals surface area contributed by atoms with E-state index in [0.717, 1.165) is 25.1 Å². The van der Waals surface area contributed by atoms with Crippen LogP contribution in [-0.4, -0.2) is 48.0 Å². The number of carbonyl (C=O) groups excluding carboxylic acids is 1. The normalized spacial score (nSPS) is 14.8. The molecule has 1 saturated heterocycles. The molecule has 10 nitrogen and oxygen atoms in total. The van der Waals surface area contributed by atoms with Gasteiger partial charge >= 0.3 is 5.69 Å². The predicted molar refractivity (Wildman–Crippen MR) is 109 cm³/mol. The average Bonchev–Trinajstić information content (AvgIpc) is 3.26. The molecular formula is C18H17ClN4O6S. The summed E-state index contributed by atoms with van der Waals surface area (Å²) in [4.78, 5) is 22.5. The second-order valence-corrected chi connectivity index (χ2v) is 8.83. The first-order chi connectivity index (χ1) is 14.2. The third kappa shape index (κ3) is 4.58. The number of benzene rings is 2. The van der Waals surface area contributed by atoms with Gasteiger partial charge in [-0.25, -0.2) is 13.8 Å². The van der Waals surface area contributed by atoms with E-state index in [0.29, 0.717) is 13.1 Å². The second-order valence-electron chi connectivity index (χ2n) is 6.46. The Bertz CT molecular complexity index is 1130. The Labute approximate surface area is 177 Å². The maximum atomic E-state index is 12.6. The summed E-state index contributed by atoms with van der Waals surface area (Å²) in [5.41, 5.74) is 1.58. The van der Waals surface area contributed by atoms with E-state index in [-0.39, 0.29) is 21.0 Å². The van der Waals surface area contributed by atoms with E-state index >= 15 is 0 Å². The number of phenols is 1. The van der Waals surface area contributed by atoms with Gasteiger partial charge in [0, 0.05) is 35.3 Å². The van der Waals surface area contributed by atoms with Crippen molar-refractivity contribution in [3.63, 3.8) is 0 Å². The van der Waals surface area contributed by atoms with Crippen LogP contribution in [0.1, 0.15) is 28.8 Å². The maximum Gasteiger partial charge on any atom is 0.312 e. The fourth-order valence-corrected chi connectivity index (χ4v) is 4.73. The fraction of sp³-hybridized carbons (Fsp3) is 0.222. The van der Waals surface area contributed by atoms with Gasteiger partial charge in [-0.1, -0.05) is 17.7 Å². The van der Waals surface area contributed by atoms with Crippen LogP contribution in [0.4, 0.5) is 5.69 Å². The standard InChI is InChI=1S/C18H17ClN4O6S/c19-14-8-13(17(24)16(10-14)23(26)27)11-20-21-18(25)12-4-3-5-15(9-12)30(28,29)22-6-1-2-7-22/h3-5,8-11,24H,1-2,6-7H2,(H,21,25)/b20-11-. The number of nitrogens with zero attached hydrogens (tertiary/aromatic N) is 3. The summed E-state index contributed by atoms with van der Waals surface area (Å²) in [7, 11) is -3.68. The van der Waals surface area contributed by atoms with Gasteiger partial charge in [0.2, 0.25) is 15.8 Å². The van der Waals surface area contributed by atoms with E-state index in [1.54, 1.807) is 0 Å². The molecule has 158 valence electrons. The lowest BCUT2D eigenvalue weighted by Gasteiger charge is -2.15. The van der Waals surface area contributed by atoms with Crippen LogP contribution in [0.3, 0.4) is 0 Å². The molecule has 1 fully saturated rings. The van der Waals surface area contributed by atoms with Crippen LogP contribution in [0.2, 0.25) is 5.02 Å². The van der Waals surface area contributed by atoms with Gasteiger partial charge in [0.15, 0.2) is 0 Å². The first-order valence-corrected chi connectivity index (χ1v) is 10.6. The average molecular weight is 453 g/mol. The molecule has 1 aliphatic rings. The van der Waals surface area contributed by atoms with E-state index in [1.807, 2.05) is 0 Å². The molecule has 0 bridgehead atoms. The number of nitrogens with one attached hydrogen (secondary N) is 1. The van der Waals surface area contributed by atoms with E-state index in [1.165, 1.54) is 34.6 Å². The van der Waals surface area contributed by atoms with Gasteiger partial charge in [0.25, 0.3) is 5.91 Å². The van der Waals surface area contributed by atoms with Crippen molar-refractivity contribution in [1.29, 1.82) is 0 Å². The summed E-state index contributed by atoms with van der Waals surface area (Å²) in [6.07, 6.45) is 2.59. The fourth-order valence-electron chi connectivity index (χ4n) is 2.94. The molecule has 0 atom stereocenters. The first-order valence-electron chi connectivity index (χ1n) is 8.80. The van der Waals surface area contributed by atoms with Crippen LogP contribution in [-0.2, 0) is 10.0 Å². The number of nitro groups is 1. The number of aromatic hydroxyl groups is 1. The summed E-state index contributed by atoms with van der Waals surface area (Å²) >= 11 is 5.79. The van der Waals surface area contributed by atoms with Crippen molar-refractivity contribution in [1.82, 2.24) is 9.73 Å². The first kappa shape index (κ1) is 21.7. The second kappa shape index (κ2) is 8.78.